The van der Waals surface area contributed by atoms with E-state index in [2.05, 4.69) is 26.7 Å². The van der Waals surface area contributed by atoms with Crippen molar-refractivity contribution in [2.75, 3.05) is 30.4 Å². The number of halogens is 1. The van der Waals surface area contributed by atoms with Gasteiger partial charge in [0.25, 0.3) is 5.91 Å². The number of anilines is 2. The zero-order chi connectivity index (χ0) is 32.6. The van der Waals surface area contributed by atoms with E-state index < -0.39 is 11.7 Å². The number of carbonyl (C=O) groups excluding carboxylic acids is 1. The molecule has 1 aliphatic heterocycles. The monoisotopic (exact) mass is 619 g/mol. The zero-order valence-electron chi connectivity index (χ0n) is 24.8. The van der Waals surface area contributed by atoms with E-state index in [1.165, 1.54) is 23.7 Å². The standard InChI is InChI=1S/C33H30FN9O3/c1-37-28-5-4-21(13-29(28)44)26-19-41-33(25(15-36)32(26)22-2-3-23(14-35)27(34)12-22)43-10-8-24(9-11-43)38-16-20-17-39-30(40-18-20)6-7-31(45)42-46/h2-7,12-13,17-19,24,37-38,44,46H,8-11,16H2,1H3,(H,42,45)/b7-6+. The Bertz CT molecular complexity index is 1860. The summed E-state index contributed by atoms with van der Waals surface area (Å²) in [5, 5.41) is 45.2. The molecule has 2 aromatic heterocycles. The largest absolute Gasteiger partial charge is 0.506 e. The number of amides is 1. The molecule has 1 fully saturated rings. The van der Waals surface area contributed by atoms with Crippen molar-refractivity contribution < 1.29 is 19.5 Å². The number of aromatic nitrogens is 3. The molecule has 0 saturated carbocycles. The van der Waals surface area contributed by atoms with E-state index in [1.807, 2.05) is 11.0 Å². The Morgan fingerprint density at radius 2 is 1.80 bits per heavy atom. The minimum Gasteiger partial charge on any atom is -0.506 e. The van der Waals surface area contributed by atoms with Crippen molar-refractivity contribution >= 4 is 23.5 Å². The molecule has 4 aromatic rings. The van der Waals surface area contributed by atoms with Gasteiger partial charge in [0.1, 0.15) is 35.1 Å². The second kappa shape index (κ2) is 14.3. The molecular weight excluding hydrogens is 589 g/mol. The molecule has 0 spiro atoms. The summed E-state index contributed by atoms with van der Waals surface area (Å²) in [6, 6.07) is 13.6. The molecule has 0 bridgehead atoms. The quantitative estimate of drug-likeness (QED) is 0.0786. The lowest BCUT2D eigenvalue weighted by Crippen LogP contribution is -2.43. The summed E-state index contributed by atoms with van der Waals surface area (Å²) in [5.74, 6) is -0.540. The van der Waals surface area contributed by atoms with Gasteiger partial charge in [0, 0.05) is 74.1 Å². The molecule has 0 radical (unpaired) electrons. The van der Waals surface area contributed by atoms with E-state index in [4.69, 9.17) is 10.2 Å². The average molecular weight is 620 g/mol. The fraction of sp³-hybridized carbons (Fsp3) is 0.212. The van der Waals surface area contributed by atoms with Crippen LogP contribution < -0.4 is 21.0 Å². The Morgan fingerprint density at radius 1 is 1.07 bits per heavy atom. The number of aromatic hydroxyl groups is 1. The second-order valence-corrected chi connectivity index (χ2v) is 10.5. The van der Waals surface area contributed by atoms with Crippen molar-refractivity contribution in [1.82, 2.24) is 25.7 Å². The van der Waals surface area contributed by atoms with Crippen LogP contribution in [0.1, 0.15) is 35.4 Å². The van der Waals surface area contributed by atoms with Crippen molar-refractivity contribution in [3.63, 3.8) is 0 Å². The van der Waals surface area contributed by atoms with Crippen molar-refractivity contribution in [2.24, 2.45) is 0 Å². The summed E-state index contributed by atoms with van der Waals surface area (Å²) in [6.45, 7) is 1.77. The molecule has 5 N–H and O–H groups in total. The minimum atomic E-state index is -0.695. The van der Waals surface area contributed by atoms with Gasteiger partial charge in [-0.05, 0) is 54.3 Å². The van der Waals surface area contributed by atoms with Crippen LogP contribution >= 0.6 is 0 Å². The number of piperidine rings is 1. The molecule has 2 aromatic carbocycles. The second-order valence-electron chi connectivity index (χ2n) is 10.5. The molecule has 0 unspecified atom stereocenters. The summed E-state index contributed by atoms with van der Waals surface area (Å²) in [7, 11) is 1.69. The fourth-order valence-electron chi connectivity index (χ4n) is 5.32. The van der Waals surface area contributed by atoms with Crippen LogP contribution in [0.2, 0.25) is 0 Å². The third kappa shape index (κ3) is 6.92. The van der Waals surface area contributed by atoms with E-state index in [1.54, 1.807) is 49.9 Å². The average Bonchev–Trinajstić information content (AvgIpc) is 3.09. The first-order chi connectivity index (χ1) is 22.3. The first kappa shape index (κ1) is 31.5. The van der Waals surface area contributed by atoms with Crippen molar-refractivity contribution in [3.05, 3.63) is 89.4 Å². The Morgan fingerprint density at radius 3 is 2.43 bits per heavy atom. The van der Waals surface area contributed by atoms with Crippen molar-refractivity contribution in [3.8, 4) is 40.1 Å². The molecule has 0 atom stereocenters. The molecule has 13 heteroatoms. The lowest BCUT2D eigenvalue weighted by molar-refractivity contribution is -0.124. The Kier molecular flexibility index (Phi) is 9.78. The zero-order valence-corrected chi connectivity index (χ0v) is 24.8. The minimum absolute atomic E-state index is 0.0144. The number of pyridine rings is 1. The number of hydroxylamine groups is 1. The molecule has 3 heterocycles. The number of rotatable bonds is 9. The summed E-state index contributed by atoms with van der Waals surface area (Å²) >= 11 is 0. The van der Waals surface area contributed by atoms with Gasteiger partial charge in [-0.15, -0.1) is 0 Å². The summed E-state index contributed by atoms with van der Waals surface area (Å²) in [4.78, 5) is 26.3. The molecule has 12 nitrogen and oxygen atoms in total. The number of carbonyl (C=O) groups is 1. The maximum absolute atomic E-state index is 14.8. The number of hydrogen-bond donors (Lipinski definition) is 5. The van der Waals surface area contributed by atoms with Gasteiger partial charge < -0.3 is 20.6 Å². The van der Waals surface area contributed by atoms with Gasteiger partial charge >= 0.3 is 0 Å². The van der Waals surface area contributed by atoms with Crippen LogP contribution in [0.25, 0.3) is 28.3 Å². The predicted octanol–water partition coefficient (Wildman–Crippen LogP) is 4.11. The highest BCUT2D eigenvalue weighted by Gasteiger charge is 2.26. The highest BCUT2D eigenvalue weighted by molar-refractivity contribution is 5.91. The van der Waals surface area contributed by atoms with Crippen LogP contribution in [0.15, 0.2) is 61.1 Å². The lowest BCUT2D eigenvalue weighted by Gasteiger charge is -2.34. The van der Waals surface area contributed by atoms with Gasteiger partial charge in [0.05, 0.1) is 11.3 Å². The summed E-state index contributed by atoms with van der Waals surface area (Å²) in [6.07, 6.45) is 9.01. The van der Waals surface area contributed by atoms with E-state index in [0.29, 0.717) is 59.2 Å². The fourth-order valence-corrected chi connectivity index (χ4v) is 5.32. The number of phenols is 1. The van der Waals surface area contributed by atoms with Crippen LogP contribution in [-0.4, -0.2) is 57.4 Å². The number of nitrogens with zero attached hydrogens (tertiary/aromatic N) is 6. The molecular formula is C33H30FN9O3. The van der Waals surface area contributed by atoms with E-state index in [0.717, 1.165) is 24.5 Å². The van der Waals surface area contributed by atoms with E-state index in [9.17, 15) is 24.8 Å². The Hall–Kier alpha value is -5.89. The maximum Gasteiger partial charge on any atom is 0.267 e. The predicted molar refractivity (Wildman–Crippen MR) is 169 cm³/mol. The van der Waals surface area contributed by atoms with Crippen LogP contribution in [0.5, 0.6) is 5.75 Å². The lowest BCUT2D eigenvalue weighted by atomic mass is 9.91. The molecule has 1 amide bonds. The number of phenolic OH excluding ortho intramolecular Hbond substituents is 1. The van der Waals surface area contributed by atoms with Crippen LogP contribution in [-0.2, 0) is 11.3 Å². The first-order valence-electron chi connectivity index (χ1n) is 14.4. The van der Waals surface area contributed by atoms with Gasteiger partial charge in [-0.2, -0.15) is 10.5 Å². The Balaban J connectivity index is 1.36. The van der Waals surface area contributed by atoms with Crippen molar-refractivity contribution in [2.45, 2.75) is 25.4 Å². The van der Waals surface area contributed by atoms with Crippen LogP contribution in [0, 0.1) is 28.5 Å². The van der Waals surface area contributed by atoms with Gasteiger partial charge in [-0.25, -0.2) is 24.8 Å². The third-order valence-corrected chi connectivity index (χ3v) is 7.74. The van der Waals surface area contributed by atoms with Gasteiger partial charge in [-0.3, -0.25) is 10.0 Å². The SMILES string of the molecule is CNc1ccc(-c2cnc(N3CCC(NCc4cnc(/C=C/C(=O)NO)nc4)CC3)c(C#N)c2-c2ccc(C#N)c(F)c2)cc1O. The highest BCUT2D eigenvalue weighted by atomic mass is 19.1. The maximum atomic E-state index is 14.8. The van der Waals surface area contributed by atoms with E-state index in [-0.39, 0.29) is 22.9 Å². The smallest absolute Gasteiger partial charge is 0.267 e. The molecule has 0 aliphatic carbocycles. The van der Waals surface area contributed by atoms with Crippen molar-refractivity contribution in [1.29, 1.82) is 10.5 Å². The number of nitrogens with one attached hydrogen (secondary N) is 3. The third-order valence-electron chi connectivity index (χ3n) is 7.74. The summed E-state index contributed by atoms with van der Waals surface area (Å²) in [5.41, 5.74) is 5.08. The molecule has 1 aliphatic rings. The summed E-state index contributed by atoms with van der Waals surface area (Å²) < 4.78 is 14.8. The van der Waals surface area contributed by atoms with Gasteiger partial charge in [-0.1, -0.05) is 12.1 Å². The van der Waals surface area contributed by atoms with E-state index >= 15 is 0 Å². The van der Waals surface area contributed by atoms with Gasteiger partial charge in [0.2, 0.25) is 0 Å². The first-order valence-corrected chi connectivity index (χ1v) is 14.4. The molecule has 232 valence electrons. The number of nitriles is 2. The normalized spacial score (nSPS) is 13.3. The number of hydrogen-bond acceptors (Lipinski definition) is 11. The molecule has 46 heavy (non-hydrogen) atoms. The van der Waals surface area contributed by atoms with Crippen LogP contribution in [0.4, 0.5) is 15.9 Å². The van der Waals surface area contributed by atoms with Gasteiger partial charge in [0.15, 0.2) is 5.82 Å². The highest BCUT2D eigenvalue weighted by Crippen LogP contribution is 2.41. The molecule has 1 saturated heterocycles. The topological polar surface area (TPSA) is 183 Å². The Labute approximate surface area is 264 Å². The molecule has 5 rings (SSSR count). The van der Waals surface area contributed by atoms with Crippen LogP contribution in [0.3, 0.4) is 0 Å². The number of benzene rings is 2.